The van der Waals surface area contributed by atoms with Gasteiger partial charge in [-0.3, -0.25) is 14.5 Å². The van der Waals surface area contributed by atoms with Gasteiger partial charge in [0.05, 0.1) is 0 Å². The summed E-state index contributed by atoms with van der Waals surface area (Å²) in [7, 11) is 0. The first-order chi connectivity index (χ1) is 13.5. The number of aromatic nitrogens is 1. The third-order valence-electron chi connectivity index (χ3n) is 4.44. The topological polar surface area (TPSA) is 87.9 Å². The number of hydrogen-bond acceptors (Lipinski definition) is 6. The molecule has 3 rings (SSSR count). The van der Waals surface area contributed by atoms with Crippen molar-refractivity contribution in [2.45, 2.75) is 6.92 Å². The lowest BCUT2D eigenvalue weighted by Gasteiger charge is -2.34. The van der Waals surface area contributed by atoms with Gasteiger partial charge in [-0.25, -0.2) is 4.39 Å². The standard InChI is InChI=1S/C19H23FN4O4/c1-14-12-17(22-28-14)19(26)24-10-8-23(9-11-24)7-6-21-18(25)13-27-16-4-2-15(20)3-5-16/h2-5,12H,6-11,13H2,1H3,(H,21,25). The summed E-state index contributed by atoms with van der Waals surface area (Å²) in [6.07, 6.45) is 0. The van der Waals surface area contributed by atoms with Gasteiger partial charge in [0.25, 0.3) is 11.8 Å². The van der Waals surface area contributed by atoms with Crippen molar-refractivity contribution in [3.8, 4) is 5.75 Å². The number of rotatable bonds is 7. The highest BCUT2D eigenvalue weighted by molar-refractivity contribution is 5.92. The molecule has 1 aromatic carbocycles. The molecule has 2 aromatic rings. The minimum Gasteiger partial charge on any atom is -0.484 e. The second kappa shape index (κ2) is 9.32. The largest absolute Gasteiger partial charge is 0.484 e. The average Bonchev–Trinajstić information content (AvgIpc) is 3.14. The number of carbonyl (C=O) groups excluding carboxylic acids is 2. The molecule has 0 saturated carbocycles. The Bertz CT molecular complexity index is 801. The van der Waals surface area contributed by atoms with Gasteiger partial charge in [0.2, 0.25) is 0 Å². The van der Waals surface area contributed by atoms with Crippen LogP contribution >= 0.6 is 0 Å². The van der Waals surface area contributed by atoms with E-state index >= 15 is 0 Å². The SMILES string of the molecule is Cc1cc(C(=O)N2CCN(CCNC(=O)COc3ccc(F)cc3)CC2)no1. The van der Waals surface area contributed by atoms with E-state index in [0.29, 0.717) is 43.4 Å². The van der Waals surface area contributed by atoms with Gasteiger partial charge < -0.3 is 19.5 Å². The molecular formula is C19H23FN4O4. The lowest BCUT2D eigenvalue weighted by Crippen LogP contribution is -2.50. The van der Waals surface area contributed by atoms with E-state index in [1.54, 1.807) is 17.9 Å². The predicted octanol–water partition coefficient (Wildman–Crippen LogP) is 1.08. The van der Waals surface area contributed by atoms with Gasteiger partial charge in [-0.2, -0.15) is 0 Å². The minimum atomic E-state index is -0.352. The van der Waals surface area contributed by atoms with Crippen molar-refractivity contribution in [1.29, 1.82) is 0 Å². The summed E-state index contributed by atoms with van der Waals surface area (Å²) >= 11 is 0. The first kappa shape index (κ1) is 19.8. The maximum Gasteiger partial charge on any atom is 0.276 e. The maximum atomic E-state index is 12.8. The van der Waals surface area contributed by atoms with Gasteiger partial charge in [-0.15, -0.1) is 0 Å². The van der Waals surface area contributed by atoms with Crippen LogP contribution in [-0.4, -0.2) is 72.6 Å². The third-order valence-corrected chi connectivity index (χ3v) is 4.44. The average molecular weight is 390 g/mol. The van der Waals surface area contributed by atoms with Crippen molar-refractivity contribution in [1.82, 2.24) is 20.3 Å². The van der Waals surface area contributed by atoms with Gasteiger partial charge in [0, 0.05) is 45.3 Å². The first-order valence-electron chi connectivity index (χ1n) is 9.11. The van der Waals surface area contributed by atoms with Crippen LogP contribution in [0.5, 0.6) is 5.75 Å². The monoisotopic (exact) mass is 390 g/mol. The van der Waals surface area contributed by atoms with Gasteiger partial charge in [-0.1, -0.05) is 5.16 Å². The van der Waals surface area contributed by atoms with E-state index in [1.165, 1.54) is 24.3 Å². The maximum absolute atomic E-state index is 12.8. The van der Waals surface area contributed by atoms with Crippen molar-refractivity contribution in [2.75, 3.05) is 45.9 Å². The molecule has 1 aliphatic heterocycles. The Morgan fingerprint density at radius 3 is 2.57 bits per heavy atom. The normalized spacial score (nSPS) is 14.7. The number of aryl methyl sites for hydroxylation is 1. The number of benzene rings is 1. The predicted molar refractivity (Wildman–Crippen MR) is 98.5 cm³/mol. The fourth-order valence-electron chi connectivity index (χ4n) is 2.89. The molecule has 2 heterocycles. The summed E-state index contributed by atoms with van der Waals surface area (Å²) < 4.78 is 23.1. The van der Waals surface area contributed by atoms with Crippen LogP contribution in [0.3, 0.4) is 0 Å². The molecule has 0 bridgehead atoms. The molecule has 9 heteroatoms. The molecule has 2 amide bonds. The summed E-state index contributed by atoms with van der Waals surface area (Å²) in [5.74, 6) is 0.345. The Balaban J connectivity index is 1.31. The van der Waals surface area contributed by atoms with Gasteiger partial charge in [0.1, 0.15) is 17.3 Å². The number of nitrogens with zero attached hydrogens (tertiary/aromatic N) is 3. The van der Waals surface area contributed by atoms with E-state index in [-0.39, 0.29) is 24.2 Å². The summed E-state index contributed by atoms with van der Waals surface area (Å²) in [6, 6.07) is 7.15. The van der Waals surface area contributed by atoms with E-state index in [2.05, 4.69) is 15.4 Å². The highest BCUT2D eigenvalue weighted by Crippen LogP contribution is 2.11. The van der Waals surface area contributed by atoms with Gasteiger partial charge in [0.15, 0.2) is 12.3 Å². The van der Waals surface area contributed by atoms with E-state index in [9.17, 15) is 14.0 Å². The zero-order valence-corrected chi connectivity index (χ0v) is 15.7. The quantitative estimate of drug-likeness (QED) is 0.761. The molecule has 8 nitrogen and oxygen atoms in total. The van der Waals surface area contributed by atoms with Gasteiger partial charge in [-0.05, 0) is 31.2 Å². The molecule has 1 N–H and O–H groups in total. The molecule has 0 spiro atoms. The fraction of sp³-hybridized carbons (Fsp3) is 0.421. The summed E-state index contributed by atoms with van der Waals surface area (Å²) in [5, 5.41) is 6.56. The third kappa shape index (κ3) is 5.53. The van der Waals surface area contributed by atoms with Crippen LogP contribution in [0.1, 0.15) is 16.2 Å². The fourth-order valence-corrected chi connectivity index (χ4v) is 2.89. The molecule has 0 atom stereocenters. The molecule has 1 saturated heterocycles. The first-order valence-corrected chi connectivity index (χ1v) is 9.11. The zero-order valence-electron chi connectivity index (χ0n) is 15.7. The van der Waals surface area contributed by atoms with Gasteiger partial charge >= 0.3 is 0 Å². The Labute approximate surface area is 162 Å². The van der Waals surface area contributed by atoms with Crippen LogP contribution in [-0.2, 0) is 4.79 Å². The highest BCUT2D eigenvalue weighted by Gasteiger charge is 2.24. The molecule has 28 heavy (non-hydrogen) atoms. The highest BCUT2D eigenvalue weighted by atomic mass is 19.1. The molecule has 1 aliphatic rings. The number of carbonyl (C=O) groups is 2. The lowest BCUT2D eigenvalue weighted by molar-refractivity contribution is -0.123. The Kier molecular flexibility index (Phi) is 6.59. The Morgan fingerprint density at radius 2 is 1.93 bits per heavy atom. The molecular weight excluding hydrogens is 367 g/mol. The van der Waals surface area contributed by atoms with Crippen LogP contribution in [0.25, 0.3) is 0 Å². The Morgan fingerprint density at radius 1 is 1.21 bits per heavy atom. The summed E-state index contributed by atoms with van der Waals surface area (Å²) in [6.45, 7) is 5.47. The minimum absolute atomic E-state index is 0.120. The van der Waals surface area contributed by atoms with E-state index in [0.717, 1.165) is 13.1 Å². The molecule has 1 aromatic heterocycles. The van der Waals surface area contributed by atoms with Crippen molar-refractivity contribution >= 4 is 11.8 Å². The Hall–Kier alpha value is -2.94. The van der Waals surface area contributed by atoms with Crippen LogP contribution in [0.2, 0.25) is 0 Å². The lowest BCUT2D eigenvalue weighted by atomic mass is 10.2. The van der Waals surface area contributed by atoms with Crippen LogP contribution in [0.4, 0.5) is 4.39 Å². The van der Waals surface area contributed by atoms with Crippen molar-refractivity contribution < 1.29 is 23.2 Å². The summed E-state index contributed by atoms with van der Waals surface area (Å²) in [4.78, 5) is 28.1. The van der Waals surface area contributed by atoms with Crippen molar-refractivity contribution in [3.05, 3.63) is 47.6 Å². The van der Waals surface area contributed by atoms with Crippen molar-refractivity contribution in [3.63, 3.8) is 0 Å². The number of piperazine rings is 1. The second-order valence-corrected chi connectivity index (χ2v) is 6.55. The number of ether oxygens (including phenoxy) is 1. The van der Waals surface area contributed by atoms with E-state index in [4.69, 9.17) is 9.26 Å². The number of amides is 2. The summed E-state index contributed by atoms with van der Waals surface area (Å²) in [5.41, 5.74) is 0.333. The number of nitrogens with one attached hydrogen (secondary N) is 1. The second-order valence-electron chi connectivity index (χ2n) is 6.55. The van der Waals surface area contributed by atoms with Crippen molar-refractivity contribution in [2.24, 2.45) is 0 Å². The van der Waals surface area contributed by atoms with Crippen LogP contribution in [0, 0.1) is 12.7 Å². The van der Waals surface area contributed by atoms with E-state index in [1.807, 2.05) is 0 Å². The molecule has 1 fully saturated rings. The molecule has 0 unspecified atom stereocenters. The van der Waals surface area contributed by atoms with Crippen LogP contribution in [0.15, 0.2) is 34.9 Å². The van der Waals surface area contributed by atoms with Crippen LogP contribution < -0.4 is 10.1 Å². The van der Waals surface area contributed by atoms with E-state index < -0.39 is 0 Å². The smallest absolute Gasteiger partial charge is 0.276 e. The molecule has 0 aliphatic carbocycles. The number of halogens is 1. The number of hydrogen-bond donors (Lipinski definition) is 1. The zero-order chi connectivity index (χ0) is 19.9. The molecule has 150 valence electrons. The molecule has 0 radical (unpaired) electrons.